The summed E-state index contributed by atoms with van der Waals surface area (Å²) >= 11 is 0. The van der Waals surface area contributed by atoms with E-state index in [4.69, 9.17) is 4.74 Å². The number of hydrogen-bond donors (Lipinski definition) is 1. The van der Waals surface area contributed by atoms with Crippen molar-refractivity contribution in [3.8, 4) is 0 Å². The van der Waals surface area contributed by atoms with E-state index >= 15 is 0 Å². The first kappa shape index (κ1) is 17.2. The Hall–Kier alpha value is -0.900. The van der Waals surface area contributed by atoms with Crippen LogP contribution in [0.4, 0.5) is 0 Å². The number of ether oxygens (including phenoxy) is 1. The third-order valence-corrected chi connectivity index (χ3v) is 3.12. The van der Waals surface area contributed by atoms with E-state index in [1.54, 1.807) is 0 Å². The Morgan fingerprint density at radius 1 is 1.10 bits per heavy atom. The molecule has 0 saturated carbocycles. The molecule has 0 spiro atoms. The predicted octanol–water partition coefficient (Wildman–Crippen LogP) is 2.55. The van der Waals surface area contributed by atoms with Crippen LogP contribution in [0.1, 0.15) is 25.0 Å². The molecule has 0 saturated heterocycles. The Morgan fingerprint density at radius 3 is 2.35 bits per heavy atom. The van der Waals surface area contributed by atoms with Gasteiger partial charge in [-0.25, -0.2) is 0 Å². The number of benzene rings is 1. The van der Waals surface area contributed by atoms with Gasteiger partial charge in [0, 0.05) is 6.54 Å². The highest BCUT2D eigenvalue weighted by Gasteiger charge is 1.97. The summed E-state index contributed by atoms with van der Waals surface area (Å²) in [6.07, 6.45) is 1.09. The average molecular weight is 278 g/mol. The van der Waals surface area contributed by atoms with Gasteiger partial charge < -0.3 is 15.0 Å². The molecule has 1 aromatic rings. The van der Waals surface area contributed by atoms with E-state index in [-0.39, 0.29) is 0 Å². The molecule has 1 rings (SSSR count). The second-order valence-electron chi connectivity index (χ2n) is 6.02. The minimum Gasteiger partial charge on any atom is -0.375 e. The molecule has 0 aliphatic carbocycles. The van der Waals surface area contributed by atoms with Crippen LogP contribution < -0.4 is 5.32 Å². The number of nitrogens with one attached hydrogen (secondary N) is 1. The number of nitrogens with zero attached hydrogens (tertiary/aromatic N) is 1. The molecule has 0 heterocycles. The van der Waals surface area contributed by atoms with Crippen LogP contribution in [0.3, 0.4) is 0 Å². The van der Waals surface area contributed by atoms with Gasteiger partial charge in [-0.05, 0) is 50.7 Å². The predicted molar refractivity (Wildman–Crippen MR) is 86.1 cm³/mol. The van der Waals surface area contributed by atoms with Gasteiger partial charge in [-0.3, -0.25) is 0 Å². The lowest BCUT2D eigenvalue weighted by Gasteiger charge is -2.10. The first-order valence-electron chi connectivity index (χ1n) is 7.59. The highest BCUT2D eigenvalue weighted by atomic mass is 16.5. The number of rotatable bonds is 10. The molecule has 0 unspecified atom stereocenters. The van der Waals surface area contributed by atoms with E-state index in [1.807, 2.05) is 0 Å². The van der Waals surface area contributed by atoms with Gasteiger partial charge in [0.1, 0.15) is 0 Å². The third kappa shape index (κ3) is 8.31. The summed E-state index contributed by atoms with van der Waals surface area (Å²) in [7, 11) is 4.12. The smallest absolute Gasteiger partial charge is 0.0717 e. The first-order chi connectivity index (χ1) is 9.58. The molecule has 1 aromatic carbocycles. The van der Waals surface area contributed by atoms with Crippen LogP contribution in [-0.2, 0) is 17.8 Å². The quantitative estimate of drug-likeness (QED) is 0.666. The molecular formula is C17H30N2O. The Bertz CT molecular complexity index is 312. The second kappa shape index (κ2) is 9.92. The molecule has 0 aromatic heterocycles. The van der Waals surface area contributed by atoms with Crippen LogP contribution in [-0.4, -0.2) is 45.2 Å². The minimum absolute atomic E-state index is 0.708. The van der Waals surface area contributed by atoms with Crippen molar-refractivity contribution in [1.82, 2.24) is 10.2 Å². The van der Waals surface area contributed by atoms with Crippen molar-refractivity contribution >= 4 is 0 Å². The topological polar surface area (TPSA) is 24.5 Å². The van der Waals surface area contributed by atoms with Gasteiger partial charge in [0.15, 0.2) is 0 Å². The van der Waals surface area contributed by atoms with E-state index in [2.05, 4.69) is 62.4 Å². The molecule has 0 atom stereocenters. The highest BCUT2D eigenvalue weighted by molar-refractivity contribution is 5.22. The lowest BCUT2D eigenvalue weighted by Crippen LogP contribution is -2.22. The van der Waals surface area contributed by atoms with Crippen molar-refractivity contribution in [3.63, 3.8) is 0 Å². The molecule has 1 N–H and O–H groups in total. The maximum Gasteiger partial charge on any atom is 0.0717 e. The van der Waals surface area contributed by atoms with Gasteiger partial charge in [-0.2, -0.15) is 0 Å². The van der Waals surface area contributed by atoms with E-state index in [9.17, 15) is 0 Å². The lowest BCUT2D eigenvalue weighted by atomic mass is 10.1. The molecule has 114 valence electrons. The molecule has 0 fully saturated rings. The van der Waals surface area contributed by atoms with Crippen LogP contribution in [0, 0.1) is 5.92 Å². The van der Waals surface area contributed by atoms with E-state index in [1.165, 1.54) is 11.1 Å². The average Bonchev–Trinajstić information content (AvgIpc) is 2.41. The Kier molecular flexibility index (Phi) is 8.51. The van der Waals surface area contributed by atoms with Crippen molar-refractivity contribution in [3.05, 3.63) is 35.4 Å². The molecule has 0 aliphatic rings. The van der Waals surface area contributed by atoms with Gasteiger partial charge in [0.2, 0.25) is 0 Å². The van der Waals surface area contributed by atoms with Crippen LogP contribution in [0.5, 0.6) is 0 Å². The van der Waals surface area contributed by atoms with Gasteiger partial charge in [0.05, 0.1) is 13.2 Å². The van der Waals surface area contributed by atoms with Crippen molar-refractivity contribution in [2.45, 2.75) is 26.9 Å². The van der Waals surface area contributed by atoms with Gasteiger partial charge in [-0.15, -0.1) is 0 Å². The zero-order valence-corrected chi connectivity index (χ0v) is 13.5. The van der Waals surface area contributed by atoms with Gasteiger partial charge in [0.25, 0.3) is 0 Å². The standard InChI is InChI=1S/C17H30N2O/c1-15(2)13-18-10-9-16-5-7-17(8-6-16)14-20-12-11-19(3)4/h5-8,15,18H,9-14H2,1-4H3. The van der Waals surface area contributed by atoms with Crippen LogP contribution in [0.2, 0.25) is 0 Å². The first-order valence-corrected chi connectivity index (χ1v) is 7.59. The van der Waals surface area contributed by atoms with E-state index in [0.29, 0.717) is 6.61 Å². The van der Waals surface area contributed by atoms with Gasteiger partial charge in [-0.1, -0.05) is 38.1 Å². The molecule has 3 nitrogen and oxygen atoms in total. The summed E-state index contributed by atoms with van der Waals surface area (Å²) < 4.78 is 5.64. The zero-order chi connectivity index (χ0) is 14.8. The monoisotopic (exact) mass is 278 g/mol. The van der Waals surface area contributed by atoms with Crippen molar-refractivity contribution < 1.29 is 4.74 Å². The van der Waals surface area contributed by atoms with Gasteiger partial charge >= 0.3 is 0 Å². The zero-order valence-electron chi connectivity index (χ0n) is 13.5. The normalized spacial score (nSPS) is 11.5. The van der Waals surface area contributed by atoms with Crippen LogP contribution in [0.15, 0.2) is 24.3 Å². The molecule has 20 heavy (non-hydrogen) atoms. The van der Waals surface area contributed by atoms with Crippen LogP contribution >= 0.6 is 0 Å². The summed E-state index contributed by atoms with van der Waals surface area (Å²) in [5.41, 5.74) is 2.64. The molecule has 3 heteroatoms. The fraction of sp³-hybridized carbons (Fsp3) is 0.647. The van der Waals surface area contributed by atoms with Crippen molar-refractivity contribution in [2.24, 2.45) is 5.92 Å². The van der Waals surface area contributed by atoms with Crippen molar-refractivity contribution in [2.75, 3.05) is 40.3 Å². The Balaban J connectivity index is 2.19. The third-order valence-electron chi connectivity index (χ3n) is 3.12. The Labute approximate surface area is 124 Å². The fourth-order valence-corrected chi connectivity index (χ4v) is 1.86. The SMILES string of the molecule is CC(C)CNCCc1ccc(COCCN(C)C)cc1. The summed E-state index contributed by atoms with van der Waals surface area (Å²) in [6.45, 7) is 9.08. The Morgan fingerprint density at radius 2 is 1.75 bits per heavy atom. The molecule has 0 amide bonds. The maximum atomic E-state index is 5.64. The summed E-state index contributed by atoms with van der Waals surface area (Å²) in [6, 6.07) is 8.77. The van der Waals surface area contributed by atoms with E-state index < -0.39 is 0 Å². The molecular weight excluding hydrogens is 248 g/mol. The second-order valence-corrected chi connectivity index (χ2v) is 6.02. The number of hydrogen-bond acceptors (Lipinski definition) is 3. The summed E-state index contributed by atoms with van der Waals surface area (Å²) in [4.78, 5) is 2.13. The van der Waals surface area contributed by atoms with E-state index in [0.717, 1.165) is 38.6 Å². The lowest BCUT2D eigenvalue weighted by molar-refractivity contribution is 0.105. The minimum atomic E-state index is 0.708. The van der Waals surface area contributed by atoms with Crippen LogP contribution in [0.25, 0.3) is 0 Å². The van der Waals surface area contributed by atoms with Crippen molar-refractivity contribution in [1.29, 1.82) is 0 Å². The maximum absolute atomic E-state index is 5.64. The fourth-order valence-electron chi connectivity index (χ4n) is 1.86. The molecule has 0 aliphatic heterocycles. The molecule has 0 radical (unpaired) electrons. The highest BCUT2D eigenvalue weighted by Crippen LogP contribution is 2.06. The summed E-state index contributed by atoms with van der Waals surface area (Å²) in [5, 5.41) is 3.47. The number of likely N-dealkylation sites (N-methyl/N-ethyl adjacent to an activating group) is 1. The largest absolute Gasteiger partial charge is 0.375 e. The summed E-state index contributed by atoms with van der Waals surface area (Å²) in [5.74, 6) is 0.719. The molecule has 0 bridgehead atoms.